The van der Waals surface area contributed by atoms with Gasteiger partial charge in [-0.05, 0) is 30.3 Å². The van der Waals surface area contributed by atoms with E-state index in [0.717, 1.165) is 24.5 Å². The van der Waals surface area contributed by atoms with Crippen molar-refractivity contribution in [1.29, 1.82) is 0 Å². The quantitative estimate of drug-likeness (QED) is 0.279. The Morgan fingerprint density at radius 2 is 1.81 bits per heavy atom. The standard InChI is InChI=1S/C26H25N5O3S2/c1-3-11-31-25(33)21(36-26(31)35)17-18-23(27-22-10-6-7-12-30(22)24(18)32)29-15-13-28(14-16-29)19-8-4-5-9-20(19)34-2/h3-10,12,17H,1,11,13-16H2,2H3/b21-17-. The van der Waals surface area contributed by atoms with E-state index in [9.17, 15) is 9.59 Å². The molecule has 2 aromatic heterocycles. The van der Waals surface area contributed by atoms with Gasteiger partial charge in [0.05, 0.1) is 23.3 Å². The highest BCUT2D eigenvalue weighted by atomic mass is 32.2. The third-order valence-electron chi connectivity index (χ3n) is 6.21. The molecule has 184 valence electrons. The summed E-state index contributed by atoms with van der Waals surface area (Å²) in [6, 6.07) is 13.4. The van der Waals surface area contributed by atoms with Crippen LogP contribution in [-0.4, -0.2) is 64.3 Å². The zero-order valence-corrected chi connectivity index (χ0v) is 21.4. The summed E-state index contributed by atoms with van der Waals surface area (Å²) in [7, 11) is 1.67. The maximum atomic E-state index is 13.6. The van der Waals surface area contributed by atoms with Gasteiger partial charge in [0.1, 0.15) is 21.5 Å². The van der Waals surface area contributed by atoms with Crippen LogP contribution in [0.25, 0.3) is 11.7 Å². The van der Waals surface area contributed by atoms with Crippen molar-refractivity contribution < 1.29 is 9.53 Å². The van der Waals surface area contributed by atoms with E-state index in [-0.39, 0.29) is 11.5 Å². The van der Waals surface area contributed by atoms with Gasteiger partial charge < -0.3 is 14.5 Å². The van der Waals surface area contributed by atoms with Gasteiger partial charge in [0, 0.05) is 38.9 Å². The van der Waals surface area contributed by atoms with Crippen LogP contribution in [0.3, 0.4) is 0 Å². The molecule has 0 N–H and O–H groups in total. The van der Waals surface area contributed by atoms with Gasteiger partial charge >= 0.3 is 0 Å². The molecule has 0 spiro atoms. The number of benzene rings is 1. The number of aromatic nitrogens is 2. The number of para-hydroxylation sites is 2. The van der Waals surface area contributed by atoms with Gasteiger partial charge in [-0.3, -0.25) is 18.9 Å². The number of nitrogens with zero attached hydrogens (tertiary/aromatic N) is 5. The molecule has 2 saturated heterocycles. The SMILES string of the molecule is C=CCN1C(=O)/C(=C/c2c(N3CCN(c4ccccc4OC)CC3)nc3ccccn3c2=O)SC1=S. The van der Waals surface area contributed by atoms with Crippen LogP contribution in [0.5, 0.6) is 5.75 Å². The van der Waals surface area contributed by atoms with E-state index in [2.05, 4.69) is 16.4 Å². The minimum absolute atomic E-state index is 0.225. The molecule has 1 aromatic carbocycles. The second-order valence-electron chi connectivity index (χ2n) is 8.31. The maximum Gasteiger partial charge on any atom is 0.267 e. The van der Waals surface area contributed by atoms with Gasteiger partial charge in [-0.15, -0.1) is 6.58 Å². The summed E-state index contributed by atoms with van der Waals surface area (Å²) < 4.78 is 7.49. The fourth-order valence-corrected chi connectivity index (χ4v) is 5.68. The maximum absolute atomic E-state index is 13.6. The first-order chi connectivity index (χ1) is 17.5. The first-order valence-electron chi connectivity index (χ1n) is 11.5. The molecule has 36 heavy (non-hydrogen) atoms. The van der Waals surface area contributed by atoms with E-state index in [4.69, 9.17) is 21.9 Å². The van der Waals surface area contributed by atoms with Gasteiger partial charge in [-0.2, -0.15) is 0 Å². The number of ether oxygens (including phenoxy) is 1. The van der Waals surface area contributed by atoms with E-state index in [0.29, 0.717) is 45.9 Å². The molecular weight excluding hydrogens is 494 g/mol. The lowest BCUT2D eigenvalue weighted by molar-refractivity contribution is -0.121. The molecule has 2 aliphatic rings. The summed E-state index contributed by atoms with van der Waals surface area (Å²) in [5.41, 5.74) is 1.75. The predicted octanol–water partition coefficient (Wildman–Crippen LogP) is 3.42. The largest absolute Gasteiger partial charge is 0.495 e. The summed E-state index contributed by atoms with van der Waals surface area (Å²) in [5, 5.41) is 0. The number of anilines is 2. The van der Waals surface area contributed by atoms with Crippen molar-refractivity contribution in [3.05, 3.63) is 82.1 Å². The zero-order valence-electron chi connectivity index (χ0n) is 19.8. The van der Waals surface area contributed by atoms with Crippen LogP contribution in [-0.2, 0) is 4.79 Å². The number of hydrogen-bond acceptors (Lipinski definition) is 8. The average molecular weight is 520 g/mol. The second kappa shape index (κ2) is 10.2. The summed E-state index contributed by atoms with van der Waals surface area (Å²) in [6.45, 7) is 6.81. The highest BCUT2D eigenvalue weighted by molar-refractivity contribution is 8.26. The summed E-state index contributed by atoms with van der Waals surface area (Å²) in [5.74, 6) is 1.17. The molecule has 0 saturated carbocycles. The van der Waals surface area contributed by atoms with E-state index in [1.54, 1.807) is 31.5 Å². The van der Waals surface area contributed by atoms with Crippen LogP contribution in [0.4, 0.5) is 11.5 Å². The number of amides is 1. The molecule has 10 heteroatoms. The molecule has 5 rings (SSSR count). The van der Waals surface area contributed by atoms with E-state index in [1.807, 2.05) is 36.4 Å². The number of pyridine rings is 1. The van der Waals surface area contributed by atoms with Crippen molar-refractivity contribution in [1.82, 2.24) is 14.3 Å². The molecule has 4 heterocycles. The van der Waals surface area contributed by atoms with Crippen LogP contribution >= 0.6 is 24.0 Å². The monoisotopic (exact) mass is 519 g/mol. The molecule has 0 bridgehead atoms. The Kier molecular flexibility index (Phi) is 6.80. The van der Waals surface area contributed by atoms with Crippen molar-refractivity contribution in [2.45, 2.75) is 0 Å². The Hall–Kier alpha value is -3.63. The lowest BCUT2D eigenvalue weighted by Crippen LogP contribution is -2.47. The first-order valence-corrected chi connectivity index (χ1v) is 12.7. The number of carbonyl (C=O) groups is 1. The zero-order chi connectivity index (χ0) is 25.2. The molecule has 2 aliphatic heterocycles. The van der Waals surface area contributed by atoms with Crippen molar-refractivity contribution in [2.24, 2.45) is 0 Å². The molecule has 0 radical (unpaired) electrons. The third-order valence-corrected chi connectivity index (χ3v) is 7.59. The van der Waals surface area contributed by atoms with Crippen LogP contribution in [0.15, 0.2) is 71.0 Å². The lowest BCUT2D eigenvalue weighted by Gasteiger charge is -2.37. The number of fused-ring (bicyclic) bond motifs is 1. The number of rotatable bonds is 6. The van der Waals surface area contributed by atoms with Crippen LogP contribution in [0.2, 0.25) is 0 Å². The third kappa shape index (κ3) is 4.38. The fraction of sp³-hybridized carbons (Fsp3) is 0.231. The molecule has 2 fully saturated rings. The van der Waals surface area contributed by atoms with Gasteiger partial charge in [-0.25, -0.2) is 4.98 Å². The van der Waals surface area contributed by atoms with Crippen LogP contribution in [0, 0.1) is 0 Å². The highest BCUT2D eigenvalue weighted by Crippen LogP contribution is 2.34. The molecule has 1 amide bonds. The Labute approximate surface area is 218 Å². The Morgan fingerprint density at radius 3 is 2.56 bits per heavy atom. The van der Waals surface area contributed by atoms with E-state index < -0.39 is 0 Å². The molecule has 0 atom stereocenters. The van der Waals surface area contributed by atoms with Crippen LogP contribution in [0.1, 0.15) is 5.56 Å². The van der Waals surface area contributed by atoms with Crippen molar-refractivity contribution >= 4 is 57.4 Å². The summed E-state index contributed by atoms with van der Waals surface area (Å²) in [6.07, 6.45) is 4.96. The van der Waals surface area contributed by atoms with Gasteiger partial charge in [0.2, 0.25) is 0 Å². The van der Waals surface area contributed by atoms with E-state index >= 15 is 0 Å². The topological polar surface area (TPSA) is 70.4 Å². The Balaban J connectivity index is 1.51. The fourth-order valence-electron chi connectivity index (χ4n) is 4.43. The van der Waals surface area contributed by atoms with Crippen molar-refractivity contribution in [2.75, 3.05) is 49.6 Å². The summed E-state index contributed by atoms with van der Waals surface area (Å²) >= 11 is 6.57. The lowest BCUT2D eigenvalue weighted by atomic mass is 10.2. The van der Waals surface area contributed by atoms with Crippen molar-refractivity contribution in [3.63, 3.8) is 0 Å². The molecule has 0 unspecified atom stereocenters. The number of carbonyl (C=O) groups excluding carboxylic acids is 1. The smallest absolute Gasteiger partial charge is 0.267 e. The van der Waals surface area contributed by atoms with E-state index in [1.165, 1.54) is 21.1 Å². The molecular formula is C26H25N5O3S2. The highest BCUT2D eigenvalue weighted by Gasteiger charge is 2.32. The number of methoxy groups -OCH3 is 1. The number of hydrogen-bond donors (Lipinski definition) is 0. The second-order valence-corrected chi connectivity index (χ2v) is 9.99. The minimum atomic E-state index is -0.227. The predicted molar refractivity (Wildman–Crippen MR) is 149 cm³/mol. The van der Waals surface area contributed by atoms with Crippen LogP contribution < -0.4 is 20.1 Å². The number of thiocarbonyl (C=S) groups is 1. The average Bonchev–Trinajstić information content (AvgIpc) is 3.18. The van der Waals surface area contributed by atoms with Gasteiger partial charge in [-0.1, -0.05) is 48.3 Å². The van der Waals surface area contributed by atoms with Crippen molar-refractivity contribution in [3.8, 4) is 5.75 Å². The number of thioether (sulfide) groups is 1. The number of piperazine rings is 1. The first kappa shape index (κ1) is 24.1. The van der Waals surface area contributed by atoms with Gasteiger partial charge in [0.25, 0.3) is 11.5 Å². The Morgan fingerprint density at radius 1 is 1.08 bits per heavy atom. The van der Waals surface area contributed by atoms with Gasteiger partial charge in [0.15, 0.2) is 0 Å². The normalized spacial score (nSPS) is 17.4. The minimum Gasteiger partial charge on any atom is -0.495 e. The Bertz CT molecular complexity index is 1440. The molecule has 8 nitrogen and oxygen atoms in total. The molecule has 0 aliphatic carbocycles. The summed E-state index contributed by atoms with van der Waals surface area (Å²) in [4.78, 5) is 37.7. The molecule has 3 aromatic rings.